The first-order chi connectivity index (χ1) is 13.7. The van der Waals surface area contributed by atoms with Gasteiger partial charge in [-0.3, -0.25) is 0 Å². The maximum absolute atomic E-state index is 13.0. The number of carbonyl (C=O) groups is 1. The van der Waals surface area contributed by atoms with Gasteiger partial charge in [0.1, 0.15) is 11.5 Å². The van der Waals surface area contributed by atoms with E-state index in [1.54, 1.807) is 19.1 Å². The molecule has 0 spiro atoms. The molecule has 144 valence electrons. The van der Waals surface area contributed by atoms with Gasteiger partial charge in [-0.1, -0.05) is 54.6 Å². The minimum absolute atomic E-state index is 0.191. The van der Waals surface area contributed by atoms with Gasteiger partial charge in [0, 0.05) is 13.1 Å². The summed E-state index contributed by atoms with van der Waals surface area (Å²) in [6, 6.07) is 24.8. The van der Waals surface area contributed by atoms with E-state index in [0.717, 1.165) is 16.9 Å². The molecular formula is C23H24N2O3. The normalized spacial score (nSPS) is 10.2. The summed E-state index contributed by atoms with van der Waals surface area (Å²) in [5.74, 6) is 1.41. The zero-order valence-electron chi connectivity index (χ0n) is 16.1. The van der Waals surface area contributed by atoms with Crippen molar-refractivity contribution < 1.29 is 14.3 Å². The fourth-order valence-corrected chi connectivity index (χ4v) is 2.90. The molecule has 0 bridgehead atoms. The van der Waals surface area contributed by atoms with Crippen LogP contribution >= 0.6 is 0 Å². The number of nitrogens with zero attached hydrogens (tertiary/aromatic N) is 1. The van der Waals surface area contributed by atoms with Crippen molar-refractivity contribution in [2.75, 3.05) is 19.5 Å². The molecule has 5 nitrogen and oxygen atoms in total. The maximum atomic E-state index is 13.0. The van der Waals surface area contributed by atoms with E-state index >= 15 is 0 Å². The number of carbonyl (C=O) groups excluding carboxylic acids is 1. The molecule has 0 saturated carbocycles. The molecule has 0 aromatic heterocycles. The second kappa shape index (κ2) is 9.46. The van der Waals surface area contributed by atoms with Crippen molar-refractivity contribution in [1.82, 2.24) is 4.90 Å². The van der Waals surface area contributed by atoms with Crippen molar-refractivity contribution in [2.24, 2.45) is 0 Å². The van der Waals surface area contributed by atoms with E-state index in [2.05, 4.69) is 5.32 Å². The lowest BCUT2D eigenvalue weighted by atomic mass is 10.1. The highest BCUT2D eigenvalue weighted by Crippen LogP contribution is 2.24. The summed E-state index contributed by atoms with van der Waals surface area (Å²) in [5, 5.41) is 2.96. The Labute approximate surface area is 165 Å². The van der Waals surface area contributed by atoms with Crippen LogP contribution < -0.4 is 14.8 Å². The second-order valence-corrected chi connectivity index (χ2v) is 6.32. The van der Waals surface area contributed by atoms with Crippen LogP contribution in [0.1, 0.15) is 11.1 Å². The lowest BCUT2D eigenvalue weighted by Gasteiger charge is -2.24. The Hall–Kier alpha value is -3.47. The summed E-state index contributed by atoms with van der Waals surface area (Å²) >= 11 is 0. The fraction of sp³-hybridized carbons (Fsp3) is 0.174. The van der Waals surface area contributed by atoms with Crippen LogP contribution in [0.2, 0.25) is 0 Å². The number of amides is 2. The number of hydrogen-bond acceptors (Lipinski definition) is 3. The third-order valence-electron chi connectivity index (χ3n) is 4.38. The average molecular weight is 376 g/mol. The molecule has 1 N–H and O–H groups in total. The Morgan fingerprint density at radius 3 is 2.04 bits per heavy atom. The van der Waals surface area contributed by atoms with Gasteiger partial charge in [0.25, 0.3) is 0 Å². The highest BCUT2D eigenvalue weighted by molar-refractivity contribution is 5.91. The van der Waals surface area contributed by atoms with Crippen LogP contribution in [0.3, 0.4) is 0 Å². The number of rotatable bonds is 7. The molecule has 0 aliphatic rings. The van der Waals surface area contributed by atoms with E-state index in [-0.39, 0.29) is 6.03 Å². The molecule has 3 rings (SSSR count). The molecule has 5 heteroatoms. The fourth-order valence-electron chi connectivity index (χ4n) is 2.90. The van der Waals surface area contributed by atoms with Gasteiger partial charge in [0.05, 0.1) is 19.9 Å². The topological polar surface area (TPSA) is 50.8 Å². The standard InChI is InChI=1S/C23H24N2O3/c1-27-20-14-12-19(13-15-20)17-25(16-18-8-4-3-5-9-18)23(26)24-21-10-6-7-11-22(21)28-2/h3-15H,16-17H2,1-2H3,(H,24,26). The molecular weight excluding hydrogens is 352 g/mol. The Morgan fingerprint density at radius 2 is 1.39 bits per heavy atom. The molecule has 3 aromatic rings. The van der Waals surface area contributed by atoms with E-state index < -0.39 is 0 Å². The van der Waals surface area contributed by atoms with Crippen molar-refractivity contribution in [2.45, 2.75) is 13.1 Å². The highest BCUT2D eigenvalue weighted by Gasteiger charge is 2.16. The van der Waals surface area contributed by atoms with Crippen LogP contribution in [0.15, 0.2) is 78.9 Å². The summed E-state index contributed by atoms with van der Waals surface area (Å²) in [5.41, 5.74) is 2.72. The summed E-state index contributed by atoms with van der Waals surface area (Å²) in [4.78, 5) is 14.8. The molecule has 0 saturated heterocycles. The van der Waals surface area contributed by atoms with Gasteiger partial charge >= 0.3 is 6.03 Å². The Morgan fingerprint density at radius 1 is 0.786 bits per heavy atom. The molecule has 3 aromatic carbocycles. The zero-order valence-corrected chi connectivity index (χ0v) is 16.1. The largest absolute Gasteiger partial charge is 0.497 e. The SMILES string of the molecule is COc1ccc(CN(Cc2ccccc2)C(=O)Nc2ccccc2OC)cc1. The number of anilines is 1. The summed E-state index contributed by atoms with van der Waals surface area (Å²) in [6.07, 6.45) is 0. The molecule has 2 amide bonds. The first kappa shape index (κ1) is 19.3. The summed E-state index contributed by atoms with van der Waals surface area (Å²) in [7, 11) is 3.22. The summed E-state index contributed by atoms with van der Waals surface area (Å²) in [6.45, 7) is 0.966. The molecule has 0 heterocycles. The number of para-hydroxylation sites is 2. The summed E-state index contributed by atoms with van der Waals surface area (Å²) < 4.78 is 10.6. The maximum Gasteiger partial charge on any atom is 0.322 e. The number of benzene rings is 3. The van der Waals surface area contributed by atoms with Crippen LogP contribution in [-0.4, -0.2) is 25.2 Å². The van der Waals surface area contributed by atoms with Crippen molar-refractivity contribution in [3.63, 3.8) is 0 Å². The van der Waals surface area contributed by atoms with Crippen LogP contribution in [0.5, 0.6) is 11.5 Å². The predicted molar refractivity (Wildman–Crippen MR) is 111 cm³/mol. The lowest BCUT2D eigenvalue weighted by Crippen LogP contribution is -2.34. The first-order valence-corrected chi connectivity index (χ1v) is 9.05. The van der Waals surface area contributed by atoms with Crippen LogP contribution in [0.25, 0.3) is 0 Å². The van der Waals surface area contributed by atoms with Crippen molar-refractivity contribution in [1.29, 1.82) is 0 Å². The smallest absolute Gasteiger partial charge is 0.322 e. The van der Waals surface area contributed by atoms with E-state index in [4.69, 9.17) is 9.47 Å². The highest BCUT2D eigenvalue weighted by atomic mass is 16.5. The average Bonchev–Trinajstić information content (AvgIpc) is 2.75. The molecule has 28 heavy (non-hydrogen) atoms. The van der Waals surface area contributed by atoms with E-state index in [9.17, 15) is 4.79 Å². The van der Waals surface area contributed by atoms with Crippen LogP contribution in [-0.2, 0) is 13.1 Å². The van der Waals surface area contributed by atoms with E-state index in [1.807, 2.05) is 78.9 Å². The van der Waals surface area contributed by atoms with Crippen molar-refractivity contribution >= 4 is 11.7 Å². The van der Waals surface area contributed by atoms with Gasteiger partial charge in [-0.25, -0.2) is 4.79 Å². The molecule has 0 atom stereocenters. The Kier molecular flexibility index (Phi) is 6.52. The van der Waals surface area contributed by atoms with E-state index in [1.165, 1.54) is 0 Å². The molecule has 0 aliphatic heterocycles. The lowest BCUT2D eigenvalue weighted by molar-refractivity contribution is 0.206. The number of hydrogen-bond donors (Lipinski definition) is 1. The number of urea groups is 1. The minimum atomic E-state index is -0.191. The Bertz CT molecular complexity index is 895. The number of methoxy groups -OCH3 is 2. The second-order valence-electron chi connectivity index (χ2n) is 6.32. The predicted octanol–water partition coefficient (Wildman–Crippen LogP) is 4.94. The van der Waals surface area contributed by atoms with Gasteiger partial charge in [-0.15, -0.1) is 0 Å². The van der Waals surface area contributed by atoms with E-state index in [0.29, 0.717) is 24.5 Å². The first-order valence-electron chi connectivity index (χ1n) is 9.05. The molecule has 0 aliphatic carbocycles. The van der Waals surface area contributed by atoms with Crippen molar-refractivity contribution in [3.05, 3.63) is 90.0 Å². The molecule has 0 fully saturated rings. The molecule has 0 radical (unpaired) electrons. The Balaban J connectivity index is 1.80. The van der Waals surface area contributed by atoms with Gasteiger partial charge < -0.3 is 19.7 Å². The number of nitrogens with one attached hydrogen (secondary N) is 1. The van der Waals surface area contributed by atoms with Crippen molar-refractivity contribution in [3.8, 4) is 11.5 Å². The third-order valence-corrected chi connectivity index (χ3v) is 4.38. The minimum Gasteiger partial charge on any atom is -0.497 e. The third kappa shape index (κ3) is 5.04. The van der Waals surface area contributed by atoms with Crippen LogP contribution in [0, 0.1) is 0 Å². The monoisotopic (exact) mass is 376 g/mol. The van der Waals surface area contributed by atoms with Gasteiger partial charge in [-0.05, 0) is 35.4 Å². The quantitative estimate of drug-likeness (QED) is 0.635. The van der Waals surface area contributed by atoms with Gasteiger partial charge in [0.15, 0.2) is 0 Å². The van der Waals surface area contributed by atoms with Gasteiger partial charge in [-0.2, -0.15) is 0 Å². The van der Waals surface area contributed by atoms with Gasteiger partial charge in [0.2, 0.25) is 0 Å². The number of ether oxygens (including phenoxy) is 2. The zero-order chi connectivity index (χ0) is 19.8. The van der Waals surface area contributed by atoms with Crippen LogP contribution in [0.4, 0.5) is 10.5 Å². The molecule has 0 unspecified atom stereocenters.